The van der Waals surface area contributed by atoms with E-state index >= 15 is 0 Å². The molecule has 164 valence electrons. The third-order valence-electron chi connectivity index (χ3n) is 5.18. The van der Waals surface area contributed by atoms with Gasteiger partial charge < -0.3 is 9.32 Å². The van der Waals surface area contributed by atoms with Gasteiger partial charge in [-0.3, -0.25) is 9.36 Å². The van der Waals surface area contributed by atoms with E-state index in [0.717, 1.165) is 28.3 Å². The minimum absolute atomic E-state index is 0.0419. The third-order valence-corrected chi connectivity index (χ3v) is 6.13. The lowest BCUT2D eigenvalue weighted by molar-refractivity contribution is -0.127. The molecule has 0 bridgehead atoms. The molecule has 0 saturated carbocycles. The first-order valence-electron chi connectivity index (χ1n) is 10.4. The predicted molar refractivity (Wildman–Crippen MR) is 126 cm³/mol. The molecule has 0 aliphatic heterocycles. The summed E-state index contributed by atoms with van der Waals surface area (Å²) in [6.45, 7) is 5.18. The first-order valence-corrected chi connectivity index (χ1v) is 11.4. The van der Waals surface area contributed by atoms with Crippen molar-refractivity contribution in [3.8, 4) is 11.4 Å². The molecule has 0 aliphatic rings. The van der Waals surface area contributed by atoms with E-state index < -0.39 is 0 Å². The normalized spacial score (nSPS) is 11.0. The second kappa shape index (κ2) is 9.87. The number of amides is 1. The van der Waals surface area contributed by atoms with Gasteiger partial charge >= 0.3 is 0 Å². The highest BCUT2D eigenvalue weighted by atomic mass is 32.2. The Hall–Kier alpha value is -3.32. The van der Waals surface area contributed by atoms with Crippen LogP contribution in [0.15, 0.2) is 76.5 Å². The fourth-order valence-electron chi connectivity index (χ4n) is 3.39. The molecular weight excluding hydrogens is 420 g/mol. The van der Waals surface area contributed by atoms with Crippen molar-refractivity contribution in [2.24, 2.45) is 0 Å². The highest BCUT2D eigenvalue weighted by molar-refractivity contribution is 7.99. The van der Waals surface area contributed by atoms with Crippen LogP contribution in [0.25, 0.3) is 11.4 Å². The number of benzene rings is 2. The molecular formula is C25H26N4O2S. The third kappa shape index (κ3) is 5.29. The zero-order valence-corrected chi connectivity index (χ0v) is 19.3. The van der Waals surface area contributed by atoms with Crippen LogP contribution >= 0.6 is 11.8 Å². The van der Waals surface area contributed by atoms with E-state index in [-0.39, 0.29) is 11.7 Å². The van der Waals surface area contributed by atoms with Gasteiger partial charge in [0.1, 0.15) is 5.76 Å². The molecule has 0 fully saturated rings. The van der Waals surface area contributed by atoms with E-state index in [1.54, 1.807) is 11.2 Å². The molecule has 0 unspecified atom stereocenters. The summed E-state index contributed by atoms with van der Waals surface area (Å²) >= 11 is 1.39. The zero-order valence-electron chi connectivity index (χ0n) is 18.5. The van der Waals surface area contributed by atoms with E-state index in [0.29, 0.717) is 18.2 Å². The summed E-state index contributed by atoms with van der Waals surface area (Å²) in [6, 6.07) is 20.2. The van der Waals surface area contributed by atoms with Crippen molar-refractivity contribution in [3.63, 3.8) is 0 Å². The van der Waals surface area contributed by atoms with Crippen molar-refractivity contribution in [1.82, 2.24) is 19.7 Å². The molecule has 4 aromatic rings. The molecule has 0 atom stereocenters. The summed E-state index contributed by atoms with van der Waals surface area (Å²) in [5.74, 6) is 1.89. The molecule has 0 N–H and O–H groups in total. The Balaban J connectivity index is 1.50. The maximum Gasteiger partial charge on any atom is 0.233 e. The second-order valence-electron chi connectivity index (χ2n) is 7.87. The molecule has 0 radical (unpaired) electrons. The van der Waals surface area contributed by atoms with Crippen LogP contribution in [0.5, 0.6) is 0 Å². The number of aromatic nitrogens is 3. The Morgan fingerprint density at radius 1 is 1.03 bits per heavy atom. The van der Waals surface area contributed by atoms with Gasteiger partial charge in [0.2, 0.25) is 5.91 Å². The molecule has 32 heavy (non-hydrogen) atoms. The molecule has 0 spiro atoms. The summed E-state index contributed by atoms with van der Waals surface area (Å²) in [7, 11) is 1.83. The van der Waals surface area contributed by atoms with Crippen LogP contribution in [0, 0.1) is 13.8 Å². The highest BCUT2D eigenvalue weighted by Gasteiger charge is 2.18. The van der Waals surface area contributed by atoms with Crippen molar-refractivity contribution in [1.29, 1.82) is 0 Å². The molecule has 2 heterocycles. The monoisotopic (exact) mass is 446 g/mol. The first-order chi connectivity index (χ1) is 15.5. The molecule has 0 aliphatic carbocycles. The van der Waals surface area contributed by atoms with Crippen LogP contribution < -0.4 is 0 Å². The van der Waals surface area contributed by atoms with Crippen molar-refractivity contribution in [2.45, 2.75) is 32.1 Å². The van der Waals surface area contributed by atoms with Crippen LogP contribution in [0.1, 0.15) is 22.5 Å². The zero-order chi connectivity index (χ0) is 22.5. The second-order valence-corrected chi connectivity index (χ2v) is 8.81. The lowest BCUT2D eigenvalue weighted by Gasteiger charge is -2.17. The van der Waals surface area contributed by atoms with Gasteiger partial charge in [-0.25, -0.2) is 0 Å². The summed E-state index contributed by atoms with van der Waals surface area (Å²) < 4.78 is 7.56. The number of furan rings is 1. The van der Waals surface area contributed by atoms with Gasteiger partial charge in [-0.1, -0.05) is 65.4 Å². The fourth-order valence-corrected chi connectivity index (χ4v) is 4.26. The Morgan fingerprint density at radius 2 is 1.84 bits per heavy atom. The predicted octanol–water partition coefficient (Wildman–Crippen LogP) is 4.95. The SMILES string of the molecule is Cc1ccc(CN(C)C(=O)CSc2nnc(-c3cccc(C)c3)n2Cc2ccco2)cc1. The molecule has 4 rings (SSSR count). The van der Waals surface area contributed by atoms with Gasteiger partial charge in [-0.15, -0.1) is 10.2 Å². The number of nitrogens with zero attached hydrogens (tertiary/aromatic N) is 4. The molecule has 1 amide bonds. The van der Waals surface area contributed by atoms with Crippen LogP contribution in [-0.2, 0) is 17.9 Å². The number of thioether (sulfide) groups is 1. The average molecular weight is 447 g/mol. The van der Waals surface area contributed by atoms with E-state index in [1.807, 2.05) is 35.9 Å². The number of hydrogen-bond donors (Lipinski definition) is 0. The van der Waals surface area contributed by atoms with E-state index in [1.165, 1.54) is 17.3 Å². The highest BCUT2D eigenvalue weighted by Crippen LogP contribution is 2.26. The Bertz CT molecular complexity index is 1180. The lowest BCUT2D eigenvalue weighted by Crippen LogP contribution is -2.27. The fraction of sp³-hybridized carbons (Fsp3) is 0.240. The standard InChI is InChI=1S/C25H26N4O2S/c1-18-9-11-20(12-10-18)15-28(3)23(30)17-32-25-27-26-24(21-7-4-6-19(2)14-21)29(25)16-22-8-5-13-31-22/h4-14H,15-17H2,1-3H3. The summed E-state index contributed by atoms with van der Waals surface area (Å²) in [5.41, 5.74) is 4.45. The number of carbonyl (C=O) groups is 1. The molecule has 7 heteroatoms. The van der Waals surface area contributed by atoms with Gasteiger partial charge in [-0.2, -0.15) is 0 Å². The average Bonchev–Trinajstić information content (AvgIpc) is 3.44. The number of carbonyl (C=O) groups excluding carboxylic acids is 1. The van der Waals surface area contributed by atoms with Gasteiger partial charge in [0, 0.05) is 19.2 Å². The number of hydrogen-bond acceptors (Lipinski definition) is 5. The molecule has 6 nitrogen and oxygen atoms in total. The number of aryl methyl sites for hydroxylation is 2. The Kier molecular flexibility index (Phi) is 6.75. The quantitative estimate of drug-likeness (QED) is 0.358. The Labute approximate surface area is 192 Å². The van der Waals surface area contributed by atoms with Crippen LogP contribution in [0.4, 0.5) is 0 Å². The summed E-state index contributed by atoms with van der Waals surface area (Å²) in [6.07, 6.45) is 1.66. The first kappa shape index (κ1) is 21.9. The largest absolute Gasteiger partial charge is 0.467 e. The Morgan fingerprint density at radius 3 is 2.56 bits per heavy atom. The van der Waals surface area contributed by atoms with Gasteiger partial charge in [-0.05, 0) is 37.6 Å². The van der Waals surface area contributed by atoms with Crippen molar-refractivity contribution >= 4 is 17.7 Å². The molecule has 0 saturated heterocycles. The maximum atomic E-state index is 12.8. The number of rotatable bonds is 8. The topological polar surface area (TPSA) is 64.2 Å². The lowest BCUT2D eigenvalue weighted by atomic mass is 10.1. The van der Waals surface area contributed by atoms with Crippen molar-refractivity contribution < 1.29 is 9.21 Å². The van der Waals surface area contributed by atoms with Gasteiger partial charge in [0.05, 0.1) is 18.6 Å². The van der Waals surface area contributed by atoms with Crippen molar-refractivity contribution in [2.75, 3.05) is 12.8 Å². The van der Waals surface area contributed by atoms with Crippen LogP contribution in [0.2, 0.25) is 0 Å². The molecule has 2 aromatic carbocycles. The van der Waals surface area contributed by atoms with Crippen LogP contribution in [0.3, 0.4) is 0 Å². The molecule has 2 aromatic heterocycles. The minimum atomic E-state index is 0.0419. The smallest absolute Gasteiger partial charge is 0.233 e. The van der Waals surface area contributed by atoms with E-state index in [4.69, 9.17) is 4.42 Å². The van der Waals surface area contributed by atoms with Gasteiger partial charge in [0.25, 0.3) is 0 Å². The summed E-state index contributed by atoms with van der Waals surface area (Å²) in [5, 5.41) is 9.51. The van der Waals surface area contributed by atoms with E-state index in [9.17, 15) is 4.79 Å². The van der Waals surface area contributed by atoms with Gasteiger partial charge in [0.15, 0.2) is 11.0 Å². The maximum absolute atomic E-state index is 12.8. The van der Waals surface area contributed by atoms with E-state index in [2.05, 4.69) is 60.4 Å². The minimum Gasteiger partial charge on any atom is -0.467 e. The van der Waals surface area contributed by atoms with Crippen molar-refractivity contribution in [3.05, 3.63) is 89.4 Å². The summed E-state index contributed by atoms with van der Waals surface area (Å²) in [4.78, 5) is 14.5. The van der Waals surface area contributed by atoms with Crippen LogP contribution in [-0.4, -0.2) is 38.4 Å².